The zero-order valence-electron chi connectivity index (χ0n) is 26.0. The molecule has 9 nitrogen and oxygen atoms in total. The third-order valence-corrected chi connectivity index (χ3v) is 9.30. The molecule has 0 aromatic rings. The lowest BCUT2D eigenvalue weighted by atomic mass is 9.70. The number of morpholine rings is 1. The lowest BCUT2D eigenvalue weighted by molar-refractivity contribution is -0.169. The van der Waals surface area contributed by atoms with E-state index in [0.29, 0.717) is 56.6 Å². The highest BCUT2D eigenvalue weighted by Crippen LogP contribution is 2.40. The minimum absolute atomic E-state index is 0.0768. The smallest absolute Gasteiger partial charge is 0.309 e. The molecule has 0 aromatic carbocycles. The number of hydrogen-bond donors (Lipinski definition) is 2. The summed E-state index contributed by atoms with van der Waals surface area (Å²) in [4.78, 5) is 28.2. The molecular formula is C33H52N2O7. The minimum atomic E-state index is -0.867. The Kier molecular flexibility index (Phi) is 14.0. The number of carbonyl (C=O) groups excluding carboxylic acids is 2. The van der Waals surface area contributed by atoms with Crippen LogP contribution in [0.25, 0.3) is 0 Å². The molecule has 0 spiro atoms. The van der Waals surface area contributed by atoms with Crippen molar-refractivity contribution in [1.82, 2.24) is 4.90 Å². The number of allylic oxidation sites excluding steroid dienone is 2. The molecule has 42 heavy (non-hydrogen) atoms. The molecular weight excluding hydrogens is 536 g/mol. The molecule has 1 aliphatic carbocycles. The number of nitrogens with zero attached hydrogens (tertiary/aromatic N) is 2. The zero-order valence-corrected chi connectivity index (χ0v) is 26.0. The van der Waals surface area contributed by atoms with Crippen LogP contribution in [-0.2, 0) is 23.8 Å². The van der Waals surface area contributed by atoms with Gasteiger partial charge in [0.05, 0.1) is 49.4 Å². The molecule has 2 N–H and O–H groups in total. The summed E-state index contributed by atoms with van der Waals surface area (Å²) in [6.45, 7) is 12.2. The summed E-state index contributed by atoms with van der Waals surface area (Å²) < 4.78 is 16.9. The second-order valence-electron chi connectivity index (χ2n) is 13.0. The Balaban J connectivity index is 1.71. The molecule has 1 saturated carbocycles. The fourth-order valence-corrected chi connectivity index (χ4v) is 6.70. The Bertz CT molecular complexity index is 970. The highest BCUT2D eigenvalue weighted by Gasteiger charge is 2.44. The van der Waals surface area contributed by atoms with Crippen molar-refractivity contribution in [3.8, 4) is 6.07 Å². The Morgan fingerprint density at radius 3 is 2.40 bits per heavy atom. The second kappa shape index (κ2) is 17.1. The van der Waals surface area contributed by atoms with Crippen molar-refractivity contribution < 1.29 is 34.0 Å². The summed E-state index contributed by atoms with van der Waals surface area (Å²) in [6.07, 6.45) is 7.09. The third kappa shape index (κ3) is 10.5. The van der Waals surface area contributed by atoms with Crippen LogP contribution in [-0.4, -0.2) is 84.8 Å². The van der Waals surface area contributed by atoms with E-state index in [1.54, 1.807) is 12.2 Å². The maximum atomic E-state index is 13.0. The van der Waals surface area contributed by atoms with Crippen LogP contribution in [0.4, 0.5) is 0 Å². The fraction of sp³-hybridized carbons (Fsp3) is 0.788. The lowest BCUT2D eigenvalue weighted by Gasteiger charge is -2.39. The Hall–Kier alpha value is -2.25. The molecule has 0 amide bonds. The number of hydrogen-bond acceptors (Lipinski definition) is 9. The summed E-state index contributed by atoms with van der Waals surface area (Å²) in [5.41, 5.74) is 0.302. The van der Waals surface area contributed by atoms with Gasteiger partial charge in [-0.05, 0) is 61.9 Å². The monoisotopic (exact) mass is 588 g/mol. The molecule has 236 valence electrons. The summed E-state index contributed by atoms with van der Waals surface area (Å²) in [5, 5.41) is 31.4. The van der Waals surface area contributed by atoms with Crippen LogP contribution in [0.5, 0.6) is 0 Å². The standard InChI is InChI=1S/C33H52N2O7/c1-22-17-23(2)19-25(4)32(38)26(21-34)7-5-6-8-30(42-31(37)20-29(36)24(3)18-22)27-9-10-28(27)33(39)41-16-13-35-11-14-40-15-12-35/h5-7,22-25,27-30,32,36,38H,8-20H2,1-4H3/b6-5+,26-7-/t22-,23+,24-,25-,27+,28+,29-,30?,32+/m0/s1. The van der Waals surface area contributed by atoms with E-state index in [9.17, 15) is 25.1 Å². The molecule has 9 atom stereocenters. The topological polar surface area (TPSA) is 129 Å². The van der Waals surface area contributed by atoms with E-state index in [2.05, 4.69) is 24.8 Å². The summed E-state index contributed by atoms with van der Waals surface area (Å²) in [7, 11) is 0. The van der Waals surface area contributed by atoms with Gasteiger partial charge in [0, 0.05) is 32.0 Å². The van der Waals surface area contributed by atoms with E-state index in [0.717, 1.165) is 38.8 Å². The molecule has 0 aromatic heterocycles. The predicted molar refractivity (Wildman–Crippen MR) is 159 cm³/mol. The van der Waals surface area contributed by atoms with Gasteiger partial charge in [0.1, 0.15) is 12.7 Å². The molecule has 9 heteroatoms. The third-order valence-electron chi connectivity index (χ3n) is 9.30. The Morgan fingerprint density at radius 1 is 1.07 bits per heavy atom. The molecule has 3 aliphatic rings. The molecule has 2 aliphatic heterocycles. The van der Waals surface area contributed by atoms with Gasteiger partial charge < -0.3 is 24.4 Å². The van der Waals surface area contributed by atoms with Crippen LogP contribution >= 0.6 is 0 Å². The van der Waals surface area contributed by atoms with Crippen molar-refractivity contribution in [3.05, 3.63) is 23.8 Å². The Morgan fingerprint density at radius 2 is 1.76 bits per heavy atom. The maximum absolute atomic E-state index is 13.0. The zero-order chi connectivity index (χ0) is 30.6. The van der Waals surface area contributed by atoms with E-state index < -0.39 is 24.3 Å². The molecule has 2 heterocycles. The quantitative estimate of drug-likeness (QED) is 0.457. The molecule has 0 radical (unpaired) electrons. The van der Waals surface area contributed by atoms with Crippen molar-refractivity contribution in [3.63, 3.8) is 0 Å². The fourth-order valence-electron chi connectivity index (χ4n) is 6.70. The van der Waals surface area contributed by atoms with Crippen molar-refractivity contribution >= 4 is 11.9 Å². The van der Waals surface area contributed by atoms with Crippen molar-refractivity contribution in [2.75, 3.05) is 39.5 Å². The van der Waals surface area contributed by atoms with Crippen molar-refractivity contribution in [1.29, 1.82) is 5.26 Å². The minimum Gasteiger partial charge on any atom is -0.464 e. The largest absolute Gasteiger partial charge is 0.464 e. The highest BCUT2D eigenvalue weighted by atomic mass is 16.5. The van der Waals surface area contributed by atoms with Gasteiger partial charge in [0.25, 0.3) is 0 Å². The van der Waals surface area contributed by atoms with Gasteiger partial charge in [-0.1, -0.05) is 39.8 Å². The number of cyclic esters (lactones) is 1. The maximum Gasteiger partial charge on any atom is 0.309 e. The van der Waals surface area contributed by atoms with Gasteiger partial charge in [0.15, 0.2) is 0 Å². The van der Waals surface area contributed by atoms with Crippen molar-refractivity contribution in [2.45, 2.75) is 91.0 Å². The first-order valence-electron chi connectivity index (χ1n) is 15.9. The number of esters is 2. The van der Waals surface area contributed by atoms with Gasteiger partial charge >= 0.3 is 11.9 Å². The first-order chi connectivity index (χ1) is 20.1. The number of ether oxygens (including phenoxy) is 3. The van der Waals surface area contributed by atoms with E-state index in [4.69, 9.17) is 14.2 Å². The first kappa shape index (κ1) is 34.2. The lowest BCUT2D eigenvalue weighted by Crippen LogP contribution is -2.44. The van der Waals surface area contributed by atoms with Gasteiger partial charge in [0.2, 0.25) is 0 Å². The van der Waals surface area contributed by atoms with E-state index in [1.165, 1.54) is 0 Å². The number of carbonyl (C=O) groups is 2. The molecule has 2 fully saturated rings. The van der Waals surface area contributed by atoms with Gasteiger partial charge in [-0.15, -0.1) is 0 Å². The van der Waals surface area contributed by atoms with E-state index in [1.807, 2.05) is 19.9 Å². The van der Waals surface area contributed by atoms with Gasteiger partial charge in [-0.2, -0.15) is 5.26 Å². The first-order valence-corrected chi connectivity index (χ1v) is 15.9. The van der Waals surface area contributed by atoms with Gasteiger partial charge in [-0.3, -0.25) is 14.5 Å². The average molecular weight is 589 g/mol. The van der Waals surface area contributed by atoms with Crippen LogP contribution in [0.15, 0.2) is 23.8 Å². The number of aliphatic hydroxyl groups is 2. The Labute approximate surface area is 251 Å². The van der Waals surface area contributed by atoms with Crippen LogP contribution < -0.4 is 0 Å². The number of nitriles is 1. The summed E-state index contributed by atoms with van der Waals surface area (Å²) in [5.74, 6) is -0.748. The van der Waals surface area contributed by atoms with Gasteiger partial charge in [-0.25, -0.2) is 0 Å². The van der Waals surface area contributed by atoms with Crippen LogP contribution in [0, 0.1) is 46.8 Å². The molecule has 3 rings (SSSR count). The molecule has 1 saturated heterocycles. The second-order valence-corrected chi connectivity index (χ2v) is 13.0. The van der Waals surface area contributed by atoms with E-state index in [-0.39, 0.29) is 36.1 Å². The normalized spacial score (nSPS) is 38.4. The van der Waals surface area contributed by atoms with Crippen LogP contribution in [0.1, 0.15) is 72.6 Å². The van der Waals surface area contributed by atoms with Crippen LogP contribution in [0.2, 0.25) is 0 Å². The van der Waals surface area contributed by atoms with Crippen molar-refractivity contribution in [2.24, 2.45) is 35.5 Å². The number of rotatable bonds is 5. The summed E-state index contributed by atoms with van der Waals surface area (Å²) in [6, 6.07) is 2.14. The number of aliphatic hydroxyl groups excluding tert-OH is 2. The highest BCUT2D eigenvalue weighted by molar-refractivity contribution is 5.74. The van der Waals surface area contributed by atoms with Crippen LogP contribution in [0.3, 0.4) is 0 Å². The molecule has 1 unspecified atom stereocenters. The average Bonchev–Trinajstić information content (AvgIpc) is 2.91. The SMILES string of the molecule is C[C@@H]1C[C@H](C)C[C@H](C)[C@@H](O)CC(=O)OC([C@@H]2CC[C@H]2C(=O)OCCN2CCOCC2)C/C=C/C=C(/C#N)[C@H](O)[C@@H](C)C1. The predicted octanol–water partition coefficient (Wildman–Crippen LogP) is 4.04. The van der Waals surface area contributed by atoms with E-state index >= 15 is 0 Å². The molecule has 0 bridgehead atoms. The summed E-state index contributed by atoms with van der Waals surface area (Å²) >= 11 is 0.